The summed E-state index contributed by atoms with van der Waals surface area (Å²) in [5.41, 5.74) is 0.384. The molecule has 0 aromatic rings. The zero-order valence-corrected chi connectivity index (χ0v) is 22.1. The maximum Gasteiger partial charge on any atom is 0.256 e. The van der Waals surface area contributed by atoms with Gasteiger partial charge in [0.2, 0.25) is 5.91 Å². The molecule has 0 aromatic carbocycles. The molecule has 0 aromatic heterocycles. The van der Waals surface area contributed by atoms with Crippen LogP contribution < -0.4 is 10.2 Å². The molecule has 1 amide bonds. The van der Waals surface area contributed by atoms with Crippen LogP contribution in [0.25, 0.3) is 0 Å². The SMILES string of the molecule is CC(CCC(=O)N/C=C/S(=O)(=O)NO)C1CCC2C3C(O)CC4CC(O)CCC4(C)C3CCC12C. The van der Waals surface area contributed by atoms with E-state index < -0.39 is 10.0 Å². The third-order valence-electron chi connectivity index (χ3n) is 10.9. The van der Waals surface area contributed by atoms with E-state index in [-0.39, 0.29) is 28.9 Å². The number of sulfonamides is 1. The summed E-state index contributed by atoms with van der Waals surface area (Å²) in [7, 11) is -3.93. The van der Waals surface area contributed by atoms with Crippen molar-refractivity contribution < 1.29 is 28.6 Å². The lowest BCUT2D eigenvalue weighted by atomic mass is 9.43. The van der Waals surface area contributed by atoms with Gasteiger partial charge in [-0.3, -0.25) is 4.79 Å². The van der Waals surface area contributed by atoms with Crippen LogP contribution in [-0.2, 0) is 14.8 Å². The number of carbonyl (C=O) groups is 1. The molecule has 4 aliphatic carbocycles. The minimum Gasteiger partial charge on any atom is -0.393 e. The van der Waals surface area contributed by atoms with Crippen molar-refractivity contribution in [2.45, 2.75) is 97.2 Å². The Morgan fingerprint density at radius 3 is 2.46 bits per heavy atom. The average molecular weight is 513 g/mol. The van der Waals surface area contributed by atoms with Gasteiger partial charge in [-0.1, -0.05) is 25.7 Å². The summed E-state index contributed by atoms with van der Waals surface area (Å²) in [5.74, 6) is 2.39. The molecule has 9 heteroatoms. The average Bonchev–Trinajstić information content (AvgIpc) is 3.16. The van der Waals surface area contributed by atoms with Gasteiger partial charge in [-0.15, -0.1) is 0 Å². The van der Waals surface area contributed by atoms with Crippen molar-refractivity contribution in [2.75, 3.05) is 0 Å². The quantitative estimate of drug-likeness (QED) is 0.332. The van der Waals surface area contributed by atoms with Crippen molar-refractivity contribution in [2.24, 2.45) is 46.3 Å². The number of nitrogens with one attached hydrogen (secondary N) is 2. The first-order chi connectivity index (χ1) is 16.4. The number of aliphatic hydroxyl groups is 2. The van der Waals surface area contributed by atoms with Crippen molar-refractivity contribution in [1.29, 1.82) is 0 Å². The van der Waals surface area contributed by atoms with Crippen LogP contribution in [0.3, 0.4) is 0 Å². The zero-order valence-electron chi connectivity index (χ0n) is 21.3. The highest BCUT2D eigenvalue weighted by Gasteiger charge is 2.62. The van der Waals surface area contributed by atoms with Gasteiger partial charge in [0.1, 0.15) is 0 Å². The molecule has 10 unspecified atom stereocenters. The van der Waals surface area contributed by atoms with E-state index in [0.29, 0.717) is 47.3 Å². The van der Waals surface area contributed by atoms with Crippen LogP contribution >= 0.6 is 0 Å². The van der Waals surface area contributed by atoms with E-state index >= 15 is 0 Å². The maximum atomic E-state index is 12.2. The lowest BCUT2D eigenvalue weighted by molar-refractivity contribution is -0.174. The van der Waals surface area contributed by atoms with Crippen LogP contribution in [-0.4, -0.2) is 42.0 Å². The highest BCUT2D eigenvalue weighted by molar-refractivity contribution is 7.92. The molecule has 5 N–H and O–H groups in total. The number of carbonyl (C=O) groups excluding carboxylic acids is 1. The normalized spacial score (nSPS) is 44.3. The lowest BCUT2D eigenvalue weighted by Gasteiger charge is -2.62. The first-order valence-corrected chi connectivity index (χ1v) is 14.9. The van der Waals surface area contributed by atoms with Gasteiger partial charge < -0.3 is 20.7 Å². The van der Waals surface area contributed by atoms with Crippen LogP contribution in [0.1, 0.15) is 85.0 Å². The Morgan fingerprint density at radius 1 is 1.06 bits per heavy atom. The molecule has 0 aliphatic heterocycles. The summed E-state index contributed by atoms with van der Waals surface area (Å²) < 4.78 is 22.4. The molecule has 35 heavy (non-hydrogen) atoms. The Balaban J connectivity index is 1.39. The predicted octanol–water partition coefficient (Wildman–Crippen LogP) is 3.29. The Labute approximate surface area is 210 Å². The number of aliphatic hydroxyl groups excluding tert-OH is 2. The number of amides is 1. The number of fused-ring (bicyclic) bond motifs is 5. The Morgan fingerprint density at radius 2 is 1.74 bits per heavy atom. The topological polar surface area (TPSA) is 136 Å². The fourth-order valence-corrected chi connectivity index (χ4v) is 9.36. The van der Waals surface area contributed by atoms with Crippen LogP contribution in [0.15, 0.2) is 11.6 Å². The third kappa shape index (κ3) is 5.08. The number of hydrogen-bond donors (Lipinski definition) is 5. The van der Waals surface area contributed by atoms with Gasteiger partial charge in [0.25, 0.3) is 10.0 Å². The molecule has 8 nitrogen and oxygen atoms in total. The summed E-state index contributed by atoms with van der Waals surface area (Å²) in [4.78, 5) is 13.4. The second-order valence-electron chi connectivity index (χ2n) is 12.5. The predicted molar refractivity (Wildman–Crippen MR) is 132 cm³/mol. The minimum absolute atomic E-state index is 0.163. The second kappa shape index (κ2) is 10.0. The molecule has 0 saturated heterocycles. The van der Waals surface area contributed by atoms with E-state index in [1.807, 2.05) is 0 Å². The van der Waals surface area contributed by atoms with Crippen LogP contribution in [0.4, 0.5) is 0 Å². The summed E-state index contributed by atoms with van der Waals surface area (Å²) >= 11 is 0. The van der Waals surface area contributed by atoms with Crippen LogP contribution in [0.2, 0.25) is 0 Å². The van der Waals surface area contributed by atoms with Gasteiger partial charge >= 0.3 is 0 Å². The summed E-state index contributed by atoms with van der Waals surface area (Å²) in [5, 5.41) is 33.3. The van der Waals surface area contributed by atoms with Crippen molar-refractivity contribution in [1.82, 2.24) is 10.2 Å². The van der Waals surface area contributed by atoms with Gasteiger partial charge in [0.05, 0.1) is 17.6 Å². The molecular weight excluding hydrogens is 468 g/mol. The monoisotopic (exact) mass is 512 g/mol. The summed E-state index contributed by atoms with van der Waals surface area (Å²) in [6, 6.07) is 0. The molecule has 0 bridgehead atoms. The maximum absolute atomic E-state index is 12.2. The second-order valence-corrected chi connectivity index (χ2v) is 14.0. The highest BCUT2D eigenvalue weighted by Crippen LogP contribution is 2.68. The first kappa shape index (κ1) is 27.0. The fourth-order valence-electron chi connectivity index (χ4n) is 9.05. The van der Waals surface area contributed by atoms with E-state index in [1.165, 1.54) is 4.89 Å². The van der Waals surface area contributed by atoms with E-state index in [0.717, 1.165) is 64.0 Å². The third-order valence-corrected chi connectivity index (χ3v) is 11.6. The Bertz CT molecular complexity index is 925. The molecular formula is C26H44N2O6S. The van der Waals surface area contributed by atoms with Crippen LogP contribution in [0.5, 0.6) is 0 Å². The largest absolute Gasteiger partial charge is 0.393 e. The summed E-state index contributed by atoms with van der Waals surface area (Å²) in [6.07, 6.45) is 9.71. The highest BCUT2D eigenvalue weighted by atomic mass is 32.2. The van der Waals surface area contributed by atoms with Gasteiger partial charge in [-0.05, 0) is 104 Å². The molecule has 4 aliphatic rings. The molecule has 0 radical (unpaired) electrons. The smallest absolute Gasteiger partial charge is 0.256 e. The van der Waals surface area contributed by atoms with Crippen molar-refractivity contribution in [3.05, 3.63) is 11.6 Å². The van der Waals surface area contributed by atoms with E-state index in [2.05, 4.69) is 26.1 Å². The van der Waals surface area contributed by atoms with Crippen molar-refractivity contribution in [3.63, 3.8) is 0 Å². The molecule has 0 heterocycles. The molecule has 4 rings (SSSR count). The van der Waals surface area contributed by atoms with Crippen LogP contribution in [0, 0.1) is 46.3 Å². The fraction of sp³-hybridized carbons (Fsp3) is 0.885. The molecule has 200 valence electrons. The summed E-state index contributed by atoms with van der Waals surface area (Å²) in [6.45, 7) is 7.08. The molecule has 4 saturated carbocycles. The van der Waals surface area contributed by atoms with E-state index in [9.17, 15) is 23.4 Å². The van der Waals surface area contributed by atoms with E-state index in [1.54, 1.807) is 0 Å². The Kier molecular flexibility index (Phi) is 7.76. The lowest BCUT2D eigenvalue weighted by Crippen LogP contribution is -2.58. The van der Waals surface area contributed by atoms with Crippen molar-refractivity contribution >= 4 is 15.9 Å². The van der Waals surface area contributed by atoms with Crippen molar-refractivity contribution in [3.8, 4) is 0 Å². The number of rotatable bonds is 7. The molecule has 4 fully saturated rings. The minimum atomic E-state index is -3.93. The van der Waals surface area contributed by atoms with Gasteiger partial charge in [-0.25, -0.2) is 8.42 Å². The van der Waals surface area contributed by atoms with Gasteiger partial charge in [-0.2, -0.15) is 0 Å². The molecule has 0 spiro atoms. The molecule has 10 atom stereocenters. The first-order valence-electron chi connectivity index (χ1n) is 13.4. The number of hydrogen-bond acceptors (Lipinski definition) is 6. The standard InChI is InChI=1S/C26H44N2O6S/c1-16(4-7-23(31)27-12-13-35(33,34)28-32)19-5-6-20-24-21(9-11-26(19,20)3)25(2)10-8-18(29)14-17(25)15-22(24)30/h12-13,16-22,24,28-30,32H,4-11,14-15H2,1-3H3,(H,27,31)/b13-12+. The Hall–Kier alpha value is -1.00. The van der Waals surface area contributed by atoms with Gasteiger partial charge in [0.15, 0.2) is 0 Å². The van der Waals surface area contributed by atoms with Gasteiger partial charge in [0, 0.05) is 12.6 Å². The zero-order chi connectivity index (χ0) is 25.6. The van der Waals surface area contributed by atoms with E-state index in [4.69, 9.17) is 5.21 Å².